The van der Waals surface area contributed by atoms with Gasteiger partial charge < -0.3 is 9.40 Å². The van der Waals surface area contributed by atoms with E-state index in [0.717, 1.165) is 61.4 Å². The Bertz CT molecular complexity index is 2230. The van der Waals surface area contributed by atoms with E-state index in [1.807, 2.05) is 74.5 Å². The minimum absolute atomic E-state index is 0.00646. The molecule has 0 amide bonds. The molecule has 240 valence electrons. The van der Waals surface area contributed by atoms with Crippen molar-refractivity contribution in [1.82, 2.24) is 4.57 Å². The lowest BCUT2D eigenvalue weighted by Gasteiger charge is -2.23. The highest BCUT2D eigenvalue weighted by molar-refractivity contribution is 6.51. The average Bonchev–Trinajstić information content (AvgIpc) is 3.40. The fourth-order valence-electron chi connectivity index (χ4n) is 7.82. The maximum atomic E-state index is 14.5. The van der Waals surface area contributed by atoms with Crippen LogP contribution in [0.15, 0.2) is 96.2 Å². The second kappa shape index (κ2) is 13.0. The van der Waals surface area contributed by atoms with Gasteiger partial charge in [-0.15, -0.1) is 0 Å². The molecule has 0 atom stereocenters. The SMILES string of the molecule is Cc1cc(C)c(C(=O)c2cc3c4cc(C(=O)/C(=N/OC=O)c5ccccc5)ccc4n(CC4CCCCC4)c3c3ccccc23)c(C)c1. The number of aryl methyl sites for hydroxylation is 3. The van der Waals surface area contributed by atoms with Gasteiger partial charge in [-0.05, 0) is 80.3 Å². The molecular formula is C42H38N2O4. The molecular weight excluding hydrogens is 596 g/mol. The number of nitrogens with zero attached hydrogens (tertiary/aromatic N) is 2. The summed E-state index contributed by atoms with van der Waals surface area (Å²) in [6, 6.07) is 29.1. The van der Waals surface area contributed by atoms with Gasteiger partial charge in [0.05, 0.1) is 5.52 Å². The van der Waals surface area contributed by atoms with Gasteiger partial charge in [0.1, 0.15) is 0 Å². The zero-order valence-corrected chi connectivity index (χ0v) is 27.6. The summed E-state index contributed by atoms with van der Waals surface area (Å²) in [7, 11) is 0. The fraction of sp³-hybridized carbons (Fsp3) is 0.238. The highest BCUT2D eigenvalue weighted by Crippen LogP contribution is 2.39. The van der Waals surface area contributed by atoms with E-state index in [9.17, 15) is 14.4 Å². The van der Waals surface area contributed by atoms with Gasteiger partial charge >= 0.3 is 6.47 Å². The second-order valence-electron chi connectivity index (χ2n) is 13.2. The molecule has 0 N–H and O–H groups in total. The minimum Gasteiger partial charge on any atom is -0.340 e. The summed E-state index contributed by atoms with van der Waals surface area (Å²) in [6.07, 6.45) is 6.12. The third-order valence-corrected chi connectivity index (χ3v) is 9.89. The largest absolute Gasteiger partial charge is 0.340 e. The van der Waals surface area contributed by atoms with E-state index in [4.69, 9.17) is 4.84 Å². The third-order valence-electron chi connectivity index (χ3n) is 9.89. The number of benzene rings is 5. The van der Waals surface area contributed by atoms with Crippen molar-refractivity contribution in [1.29, 1.82) is 0 Å². The van der Waals surface area contributed by atoms with Crippen LogP contribution < -0.4 is 0 Å². The van der Waals surface area contributed by atoms with Crippen molar-refractivity contribution >= 4 is 56.3 Å². The molecule has 0 spiro atoms. The highest BCUT2D eigenvalue weighted by atomic mass is 16.7. The highest BCUT2D eigenvalue weighted by Gasteiger charge is 2.25. The summed E-state index contributed by atoms with van der Waals surface area (Å²) >= 11 is 0. The second-order valence-corrected chi connectivity index (χ2v) is 13.2. The number of Topliss-reactive ketones (excluding diaryl/α,β-unsaturated/α-hetero) is 1. The molecule has 1 fully saturated rings. The van der Waals surface area contributed by atoms with Crippen LogP contribution in [0.3, 0.4) is 0 Å². The zero-order valence-electron chi connectivity index (χ0n) is 27.6. The first-order chi connectivity index (χ1) is 23.4. The summed E-state index contributed by atoms with van der Waals surface area (Å²) in [5.74, 6) is 0.184. The van der Waals surface area contributed by atoms with E-state index in [1.54, 1.807) is 12.1 Å². The molecule has 48 heavy (non-hydrogen) atoms. The molecule has 0 unspecified atom stereocenters. The topological polar surface area (TPSA) is 77.7 Å². The van der Waals surface area contributed by atoms with Crippen molar-refractivity contribution in [3.05, 3.63) is 130 Å². The fourth-order valence-corrected chi connectivity index (χ4v) is 7.82. The molecule has 1 saturated carbocycles. The summed E-state index contributed by atoms with van der Waals surface area (Å²) < 4.78 is 2.41. The van der Waals surface area contributed by atoms with E-state index in [1.165, 1.54) is 32.1 Å². The lowest BCUT2D eigenvalue weighted by Crippen LogP contribution is -2.16. The van der Waals surface area contributed by atoms with E-state index in [-0.39, 0.29) is 23.8 Å². The summed E-state index contributed by atoms with van der Waals surface area (Å²) in [5.41, 5.74) is 7.52. The number of fused-ring (bicyclic) bond motifs is 5. The molecule has 6 nitrogen and oxygen atoms in total. The predicted molar refractivity (Wildman–Crippen MR) is 192 cm³/mol. The molecule has 7 rings (SSSR count). The lowest BCUT2D eigenvalue weighted by molar-refractivity contribution is -0.128. The predicted octanol–water partition coefficient (Wildman–Crippen LogP) is 9.44. The standard InChI is InChI=1S/C42H38N2O4/c1-26-20-27(2)38(28(3)21-26)42(47)36-23-35-34-22-31(41(46)39(43-48-25-45)30-14-8-5-9-15-30)18-19-37(34)44(24-29-12-6-4-7-13-29)40(35)33-17-11-10-16-32(33)36/h5,8-11,14-23,25,29H,4,6-7,12-13,24H2,1-3H3/b43-39+. The molecule has 1 aliphatic rings. The van der Waals surface area contributed by atoms with Gasteiger partial charge in [0.15, 0.2) is 11.5 Å². The Morgan fingerprint density at radius 2 is 1.46 bits per heavy atom. The van der Waals surface area contributed by atoms with Gasteiger partial charge in [-0.25, -0.2) is 0 Å². The summed E-state index contributed by atoms with van der Waals surface area (Å²) in [4.78, 5) is 44.4. The average molecular weight is 635 g/mol. The van der Waals surface area contributed by atoms with E-state index in [0.29, 0.717) is 22.6 Å². The molecule has 0 radical (unpaired) electrons. The number of hydrogen-bond donors (Lipinski definition) is 0. The Hall–Kier alpha value is -5.36. The van der Waals surface area contributed by atoms with E-state index in [2.05, 4.69) is 34.8 Å². The number of hydrogen-bond acceptors (Lipinski definition) is 5. The van der Waals surface area contributed by atoms with Gasteiger partial charge in [-0.3, -0.25) is 14.4 Å². The third kappa shape index (κ3) is 5.62. The van der Waals surface area contributed by atoms with Gasteiger partial charge in [0, 0.05) is 50.5 Å². The van der Waals surface area contributed by atoms with Gasteiger partial charge in [-0.2, -0.15) is 0 Å². The van der Waals surface area contributed by atoms with Crippen LogP contribution in [0, 0.1) is 26.7 Å². The van der Waals surface area contributed by atoms with E-state index >= 15 is 0 Å². The lowest BCUT2D eigenvalue weighted by atomic mass is 9.89. The van der Waals surface area contributed by atoms with Crippen molar-refractivity contribution < 1.29 is 19.2 Å². The quantitative estimate of drug-likeness (QED) is 0.0522. The summed E-state index contributed by atoms with van der Waals surface area (Å²) in [5, 5.41) is 7.67. The Morgan fingerprint density at radius 3 is 2.17 bits per heavy atom. The Balaban J connectivity index is 1.48. The van der Waals surface area contributed by atoms with Crippen LogP contribution in [0.25, 0.3) is 32.6 Å². The van der Waals surface area contributed by atoms with Crippen molar-refractivity contribution in [2.75, 3.05) is 0 Å². The number of oxime groups is 1. The molecule has 1 heterocycles. The van der Waals surface area contributed by atoms with Crippen molar-refractivity contribution in [3.63, 3.8) is 0 Å². The smallest absolute Gasteiger partial charge is 0.323 e. The van der Waals surface area contributed by atoms with Crippen LogP contribution in [0.5, 0.6) is 0 Å². The van der Waals surface area contributed by atoms with Crippen molar-refractivity contribution in [2.45, 2.75) is 59.4 Å². The number of carbonyl (C=O) groups is 3. The molecule has 6 heteroatoms. The maximum absolute atomic E-state index is 14.5. The van der Waals surface area contributed by atoms with Crippen LogP contribution in [0.4, 0.5) is 0 Å². The number of aromatic nitrogens is 1. The van der Waals surface area contributed by atoms with Crippen molar-refractivity contribution in [3.8, 4) is 0 Å². The molecule has 0 aliphatic heterocycles. The molecule has 6 aromatic rings. The molecule has 1 aromatic heterocycles. The maximum Gasteiger partial charge on any atom is 0.323 e. The van der Waals surface area contributed by atoms with Crippen LogP contribution in [-0.4, -0.2) is 28.3 Å². The molecule has 5 aromatic carbocycles. The van der Waals surface area contributed by atoms with E-state index < -0.39 is 0 Å². The van der Waals surface area contributed by atoms with Gasteiger partial charge in [0.2, 0.25) is 5.78 Å². The zero-order chi connectivity index (χ0) is 33.4. The van der Waals surface area contributed by atoms with Crippen LogP contribution in [0.2, 0.25) is 0 Å². The van der Waals surface area contributed by atoms with Crippen LogP contribution in [0.1, 0.15) is 80.6 Å². The Kier molecular flexibility index (Phi) is 8.49. The normalized spacial score (nSPS) is 14.1. The first kappa shape index (κ1) is 31.3. The molecule has 0 saturated heterocycles. The number of rotatable bonds is 9. The summed E-state index contributed by atoms with van der Waals surface area (Å²) in [6.45, 7) is 7.13. The molecule has 1 aliphatic carbocycles. The number of carbonyl (C=O) groups excluding carboxylic acids is 3. The first-order valence-corrected chi connectivity index (χ1v) is 16.7. The Labute approximate surface area is 280 Å². The number of ketones is 2. The van der Waals surface area contributed by atoms with Crippen molar-refractivity contribution in [2.24, 2.45) is 11.1 Å². The molecule has 0 bridgehead atoms. The van der Waals surface area contributed by atoms with Gasteiger partial charge in [0.25, 0.3) is 0 Å². The first-order valence-electron chi connectivity index (χ1n) is 16.7. The van der Waals surface area contributed by atoms with Crippen LogP contribution in [-0.2, 0) is 16.2 Å². The Morgan fingerprint density at radius 1 is 0.771 bits per heavy atom. The van der Waals surface area contributed by atoms with Crippen LogP contribution >= 0.6 is 0 Å². The monoisotopic (exact) mass is 634 g/mol. The minimum atomic E-state index is -0.360. The van der Waals surface area contributed by atoms with Gasteiger partial charge in [-0.1, -0.05) is 96.7 Å².